The van der Waals surface area contributed by atoms with Crippen molar-refractivity contribution in [1.29, 1.82) is 0 Å². The fraction of sp³-hybridized carbons (Fsp3) is 0.500. The van der Waals surface area contributed by atoms with Crippen molar-refractivity contribution >= 4 is 11.9 Å². The molecule has 0 atom stereocenters. The van der Waals surface area contributed by atoms with E-state index >= 15 is 0 Å². The summed E-state index contributed by atoms with van der Waals surface area (Å²) in [6.45, 7) is 5.58. The van der Waals surface area contributed by atoms with Gasteiger partial charge < -0.3 is 15.0 Å². The number of aliphatic carboxylic acids is 1. The molecule has 1 aromatic rings. The standard InChI is InChI=1S/C14H20N2O4/c1-10-5-4-6-11(17)16(10)9-14(2,3)13(20)15-8-7-12(18)19/h4-6H,7-9H2,1-3H3,(H,15,20)(H,18,19). The van der Waals surface area contributed by atoms with Crippen molar-refractivity contribution < 1.29 is 14.7 Å². The fourth-order valence-corrected chi connectivity index (χ4v) is 1.82. The average molecular weight is 280 g/mol. The van der Waals surface area contributed by atoms with Crippen molar-refractivity contribution in [1.82, 2.24) is 9.88 Å². The summed E-state index contributed by atoms with van der Waals surface area (Å²) in [5.41, 5.74) is -0.172. The largest absolute Gasteiger partial charge is 0.481 e. The van der Waals surface area contributed by atoms with Crippen LogP contribution in [0.4, 0.5) is 0 Å². The molecule has 0 saturated carbocycles. The summed E-state index contributed by atoms with van der Waals surface area (Å²) in [7, 11) is 0. The van der Waals surface area contributed by atoms with Crippen LogP contribution in [-0.4, -0.2) is 28.1 Å². The molecule has 6 heteroatoms. The van der Waals surface area contributed by atoms with Crippen molar-refractivity contribution in [3.8, 4) is 0 Å². The van der Waals surface area contributed by atoms with E-state index in [0.717, 1.165) is 5.69 Å². The number of nitrogens with zero attached hydrogens (tertiary/aromatic N) is 1. The van der Waals surface area contributed by atoms with Crippen LogP contribution in [0.5, 0.6) is 0 Å². The first-order chi connectivity index (χ1) is 9.24. The molecule has 1 heterocycles. The lowest BCUT2D eigenvalue weighted by atomic mass is 9.91. The predicted molar refractivity (Wildman–Crippen MR) is 74.5 cm³/mol. The first-order valence-corrected chi connectivity index (χ1v) is 6.40. The van der Waals surface area contributed by atoms with Gasteiger partial charge in [0.05, 0.1) is 11.8 Å². The first-order valence-electron chi connectivity index (χ1n) is 6.40. The van der Waals surface area contributed by atoms with Crippen molar-refractivity contribution in [3.05, 3.63) is 34.2 Å². The molecule has 0 fully saturated rings. The maximum absolute atomic E-state index is 12.1. The van der Waals surface area contributed by atoms with Crippen LogP contribution in [0.2, 0.25) is 0 Å². The lowest BCUT2D eigenvalue weighted by molar-refractivity contribution is -0.137. The van der Waals surface area contributed by atoms with Crippen LogP contribution in [0.25, 0.3) is 0 Å². The van der Waals surface area contributed by atoms with E-state index < -0.39 is 11.4 Å². The lowest BCUT2D eigenvalue weighted by Gasteiger charge is -2.25. The molecular formula is C14H20N2O4. The van der Waals surface area contributed by atoms with Gasteiger partial charge in [0.25, 0.3) is 5.56 Å². The molecule has 110 valence electrons. The predicted octanol–water partition coefficient (Wildman–Crippen LogP) is 0.774. The molecule has 0 aliphatic rings. The maximum atomic E-state index is 12.1. The van der Waals surface area contributed by atoms with Gasteiger partial charge in [-0.2, -0.15) is 0 Å². The van der Waals surface area contributed by atoms with Crippen LogP contribution < -0.4 is 10.9 Å². The highest BCUT2D eigenvalue weighted by atomic mass is 16.4. The Morgan fingerprint density at radius 2 is 2.00 bits per heavy atom. The number of aromatic nitrogens is 1. The number of carboxylic acid groups (broad SMARTS) is 1. The van der Waals surface area contributed by atoms with Gasteiger partial charge in [-0.15, -0.1) is 0 Å². The van der Waals surface area contributed by atoms with Gasteiger partial charge in [0, 0.05) is 24.8 Å². The topological polar surface area (TPSA) is 88.4 Å². The number of carbonyl (C=O) groups is 2. The Morgan fingerprint density at radius 1 is 1.35 bits per heavy atom. The molecule has 0 aromatic carbocycles. The first kappa shape index (κ1) is 15.9. The molecule has 0 radical (unpaired) electrons. The Morgan fingerprint density at radius 3 is 2.55 bits per heavy atom. The van der Waals surface area contributed by atoms with Crippen molar-refractivity contribution in [3.63, 3.8) is 0 Å². The number of pyridine rings is 1. The number of carbonyl (C=O) groups excluding carboxylic acids is 1. The molecular weight excluding hydrogens is 260 g/mol. The number of carboxylic acids is 1. The minimum atomic E-state index is -0.960. The van der Waals surface area contributed by atoms with Gasteiger partial charge in [-0.25, -0.2) is 0 Å². The Kier molecular flexibility index (Phi) is 5.07. The highest BCUT2D eigenvalue weighted by molar-refractivity contribution is 5.82. The van der Waals surface area contributed by atoms with Gasteiger partial charge in [-0.05, 0) is 26.8 Å². The summed E-state index contributed by atoms with van der Waals surface area (Å²) in [4.78, 5) is 34.3. The monoisotopic (exact) mass is 280 g/mol. The summed E-state index contributed by atoms with van der Waals surface area (Å²) in [5.74, 6) is -1.23. The zero-order valence-corrected chi connectivity index (χ0v) is 12.0. The number of aryl methyl sites for hydroxylation is 1. The minimum Gasteiger partial charge on any atom is -0.481 e. The van der Waals surface area contributed by atoms with Crippen LogP contribution in [0.15, 0.2) is 23.0 Å². The summed E-state index contributed by atoms with van der Waals surface area (Å²) in [6.07, 6.45) is -0.119. The molecule has 0 bridgehead atoms. The summed E-state index contributed by atoms with van der Waals surface area (Å²) < 4.78 is 1.54. The van der Waals surface area contributed by atoms with Gasteiger partial charge >= 0.3 is 5.97 Å². The molecule has 1 amide bonds. The quantitative estimate of drug-likeness (QED) is 0.805. The zero-order valence-electron chi connectivity index (χ0n) is 12.0. The molecule has 0 aliphatic carbocycles. The van der Waals surface area contributed by atoms with Gasteiger partial charge in [0.15, 0.2) is 0 Å². The van der Waals surface area contributed by atoms with Gasteiger partial charge in [-0.3, -0.25) is 14.4 Å². The SMILES string of the molecule is Cc1cccc(=O)n1CC(C)(C)C(=O)NCCC(=O)O. The number of hydrogen-bond donors (Lipinski definition) is 2. The van der Waals surface area contributed by atoms with Gasteiger partial charge in [0.2, 0.25) is 5.91 Å². The molecule has 2 N–H and O–H groups in total. The normalized spacial score (nSPS) is 11.2. The number of amides is 1. The van der Waals surface area contributed by atoms with E-state index in [1.54, 1.807) is 32.9 Å². The van der Waals surface area contributed by atoms with Crippen LogP contribution in [0.3, 0.4) is 0 Å². The third-order valence-corrected chi connectivity index (χ3v) is 3.06. The molecule has 20 heavy (non-hydrogen) atoms. The van der Waals surface area contributed by atoms with E-state index in [-0.39, 0.29) is 31.0 Å². The second-order valence-corrected chi connectivity index (χ2v) is 5.38. The third-order valence-electron chi connectivity index (χ3n) is 3.06. The van der Waals surface area contributed by atoms with Crippen molar-refractivity contribution in [2.24, 2.45) is 5.41 Å². The minimum absolute atomic E-state index is 0.0836. The van der Waals surface area contributed by atoms with E-state index in [1.165, 1.54) is 10.6 Å². The number of nitrogens with one attached hydrogen (secondary N) is 1. The van der Waals surface area contributed by atoms with Gasteiger partial charge in [-0.1, -0.05) is 6.07 Å². The smallest absolute Gasteiger partial charge is 0.305 e. The summed E-state index contributed by atoms with van der Waals surface area (Å²) >= 11 is 0. The summed E-state index contributed by atoms with van der Waals surface area (Å²) in [6, 6.07) is 4.93. The van der Waals surface area contributed by atoms with Crippen LogP contribution in [0.1, 0.15) is 26.0 Å². The van der Waals surface area contributed by atoms with E-state index in [2.05, 4.69) is 5.32 Å². The van der Waals surface area contributed by atoms with Crippen LogP contribution in [-0.2, 0) is 16.1 Å². The summed E-state index contributed by atoms with van der Waals surface area (Å²) in [5, 5.41) is 11.1. The molecule has 0 saturated heterocycles. The molecule has 6 nitrogen and oxygen atoms in total. The second kappa shape index (κ2) is 6.36. The lowest BCUT2D eigenvalue weighted by Crippen LogP contribution is -2.42. The third kappa shape index (κ3) is 4.22. The van der Waals surface area contributed by atoms with E-state index in [4.69, 9.17) is 5.11 Å². The van der Waals surface area contributed by atoms with Crippen LogP contribution >= 0.6 is 0 Å². The number of rotatable bonds is 6. The van der Waals surface area contributed by atoms with E-state index in [0.29, 0.717) is 0 Å². The maximum Gasteiger partial charge on any atom is 0.305 e. The van der Waals surface area contributed by atoms with Gasteiger partial charge in [0.1, 0.15) is 0 Å². The zero-order chi connectivity index (χ0) is 15.3. The highest BCUT2D eigenvalue weighted by Crippen LogP contribution is 2.18. The van der Waals surface area contributed by atoms with E-state index in [9.17, 15) is 14.4 Å². The average Bonchev–Trinajstić information content (AvgIpc) is 2.33. The highest BCUT2D eigenvalue weighted by Gasteiger charge is 2.28. The molecule has 1 aromatic heterocycles. The number of hydrogen-bond acceptors (Lipinski definition) is 3. The molecule has 0 aliphatic heterocycles. The molecule has 1 rings (SSSR count). The van der Waals surface area contributed by atoms with Crippen molar-refractivity contribution in [2.45, 2.75) is 33.7 Å². The molecule has 0 spiro atoms. The Hall–Kier alpha value is -2.11. The van der Waals surface area contributed by atoms with Crippen molar-refractivity contribution in [2.75, 3.05) is 6.54 Å². The fourth-order valence-electron chi connectivity index (χ4n) is 1.82. The Labute approximate surface area is 117 Å². The Bertz CT molecular complexity index is 561. The second-order valence-electron chi connectivity index (χ2n) is 5.38. The molecule has 0 unspecified atom stereocenters. The van der Waals surface area contributed by atoms with Crippen LogP contribution in [0, 0.1) is 12.3 Å². The van der Waals surface area contributed by atoms with E-state index in [1.807, 2.05) is 0 Å². The Balaban J connectivity index is 2.76.